The van der Waals surface area contributed by atoms with E-state index in [1.807, 2.05) is 5.87 Å². The lowest BCUT2D eigenvalue weighted by molar-refractivity contribution is -0.112. The molecule has 0 atom stereocenters. The van der Waals surface area contributed by atoms with Gasteiger partial charge in [-0.3, -0.25) is 10.2 Å². The number of rotatable bonds is 3. The van der Waals surface area contributed by atoms with Crippen LogP contribution in [0.4, 0.5) is 5.69 Å². The molecule has 0 radical (unpaired) electrons. The predicted octanol–water partition coefficient (Wildman–Crippen LogP) is 2.82. The van der Waals surface area contributed by atoms with Crippen LogP contribution in [0.15, 0.2) is 34.3 Å². The molecule has 0 saturated carbocycles. The minimum Gasteiger partial charge on any atom is -0.321 e. The number of anilines is 1. The Morgan fingerprint density at radius 2 is 2.00 bits per heavy atom. The second kappa shape index (κ2) is 5.96. The molecule has 0 saturated heterocycles. The number of thiol groups is 1. The van der Waals surface area contributed by atoms with Gasteiger partial charge >= 0.3 is 0 Å². The first-order valence-electron chi connectivity index (χ1n) is 4.14. The van der Waals surface area contributed by atoms with Crippen molar-refractivity contribution < 1.29 is 4.79 Å². The fourth-order valence-electron chi connectivity index (χ4n) is 0.934. The SMILES string of the molecule is N=C=C(C(=O)Nc1ccc(Br)cc1)C(=S)S. The van der Waals surface area contributed by atoms with Crippen LogP contribution in [0, 0.1) is 5.41 Å². The first-order valence-corrected chi connectivity index (χ1v) is 5.79. The summed E-state index contributed by atoms with van der Waals surface area (Å²) in [5, 5.41) is 9.51. The Morgan fingerprint density at radius 3 is 2.44 bits per heavy atom. The molecule has 0 unspecified atom stereocenters. The van der Waals surface area contributed by atoms with Crippen molar-refractivity contribution in [3.05, 3.63) is 34.3 Å². The van der Waals surface area contributed by atoms with Crippen LogP contribution in [0.5, 0.6) is 0 Å². The van der Waals surface area contributed by atoms with Crippen LogP contribution in [0.25, 0.3) is 0 Å². The van der Waals surface area contributed by atoms with Crippen molar-refractivity contribution in [1.29, 1.82) is 5.41 Å². The Labute approximate surface area is 112 Å². The highest BCUT2D eigenvalue weighted by Gasteiger charge is 2.12. The summed E-state index contributed by atoms with van der Waals surface area (Å²) in [7, 11) is 0. The molecule has 0 fully saturated rings. The summed E-state index contributed by atoms with van der Waals surface area (Å²) >= 11 is 11.8. The maximum Gasteiger partial charge on any atom is 0.267 e. The van der Waals surface area contributed by atoms with E-state index in [-0.39, 0.29) is 9.77 Å². The predicted molar refractivity (Wildman–Crippen MR) is 75.6 cm³/mol. The average molecular weight is 315 g/mol. The van der Waals surface area contributed by atoms with E-state index in [0.29, 0.717) is 5.69 Å². The number of hydrogen-bond donors (Lipinski definition) is 3. The highest BCUT2D eigenvalue weighted by Crippen LogP contribution is 2.15. The fourth-order valence-corrected chi connectivity index (χ4v) is 1.50. The van der Waals surface area contributed by atoms with Crippen LogP contribution < -0.4 is 5.32 Å². The Balaban J connectivity index is 2.83. The van der Waals surface area contributed by atoms with E-state index in [9.17, 15) is 4.79 Å². The quantitative estimate of drug-likeness (QED) is 0.348. The van der Waals surface area contributed by atoms with Crippen molar-refractivity contribution in [2.75, 3.05) is 5.32 Å². The smallest absolute Gasteiger partial charge is 0.267 e. The summed E-state index contributed by atoms with van der Waals surface area (Å²) in [6.07, 6.45) is 0. The van der Waals surface area contributed by atoms with Crippen molar-refractivity contribution in [1.82, 2.24) is 0 Å². The molecular formula is C10H7BrN2OS2. The van der Waals surface area contributed by atoms with Gasteiger partial charge in [0, 0.05) is 10.2 Å². The van der Waals surface area contributed by atoms with Crippen LogP contribution in [0.1, 0.15) is 0 Å². The minimum atomic E-state index is -0.489. The van der Waals surface area contributed by atoms with E-state index in [2.05, 4.69) is 33.9 Å². The molecule has 0 heterocycles. The van der Waals surface area contributed by atoms with Gasteiger partial charge in [0.1, 0.15) is 5.57 Å². The third-order valence-electron chi connectivity index (χ3n) is 1.67. The number of nitrogens with one attached hydrogen (secondary N) is 2. The summed E-state index contributed by atoms with van der Waals surface area (Å²) in [5.74, 6) is 1.47. The van der Waals surface area contributed by atoms with E-state index in [4.69, 9.17) is 17.6 Å². The Bertz CT molecular complexity index is 478. The maximum absolute atomic E-state index is 11.6. The topological polar surface area (TPSA) is 53.0 Å². The molecule has 6 heteroatoms. The normalized spacial score (nSPS) is 9.12. The summed E-state index contributed by atoms with van der Waals surface area (Å²) in [6.45, 7) is 0. The number of carbonyl (C=O) groups excluding carboxylic acids is 1. The lowest BCUT2D eigenvalue weighted by Gasteiger charge is -2.05. The number of carbonyl (C=O) groups is 1. The van der Waals surface area contributed by atoms with E-state index >= 15 is 0 Å². The highest BCUT2D eigenvalue weighted by molar-refractivity contribution is 9.10. The van der Waals surface area contributed by atoms with E-state index in [1.54, 1.807) is 24.3 Å². The van der Waals surface area contributed by atoms with Crippen LogP contribution in [-0.4, -0.2) is 16.0 Å². The van der Waals surface area contributed by atoms with Gasteiger partial charge in [0.2, 0.25) is 0 Å². The number of hydrogen-bond acceptors (Lipinski definition) is 3. The lowest BCUT2D eigenvalue weighted by Crippen LogP contribution is -2.17. The van der Waals surface area contributed by atoms with Gasteiger partial charge in [0.05, 0.1) is 4.20 Å². The van der Waals surface area contributed by atoms with Gasteiger partial charge in [0.25, 0.3) is 5.91 Å². The van der Waals surface area contributed by atoms with Gasteiger partial charge in [-0.15, -0.1) is 12.6 Å². The second-order valence-corrected chi connectivity index (χ2v) is 4.84. The standard InChI is InChI=1S/C10H7BrN2OS2/c11-6-1-3-7(4-2-6)13-9(14)8(5-12)10(15)16/h1-4,12H,(H,13,14)(H,15,16). The molecule has 2 N–H and O–H groups in total. The molecule has 1 rings (SSSR count). The van der Waals surface area contributed by atoms with Gasteiger partial charge in [-0.05, 0) is 30.1 Å². The number of benzene rings is 1. The first kappa shape index (κ1) is 13.1. The van der Waals surface area contributed by atoms with Gasteiger partial charge in [-0.2, -0.15) is 0 Å². The lowest BCUT2D eigenvalue weighted by atomic mass is 10.2. The van der Waals surface area contributed by atoms with Gasteiger partial charge < -0.3 is 5.32 Å². The summed E-state index contributed by atoms with van der Waals surface area (Å²) in [4.78, 5) is 11.6. The van der Waals surface area contributed by atoms with E-state index in [1.165, 1.54) is 0 Å². The number of amides is 1. The molecular weight excluding hydrogens is 308 g/mol. The largest absolute Gasteiger partial charge is 0.321 e. The van der Waals surface area contributed by atoms with E-state index in [0.717, 1.165) is 4.47 Å². The minimum absolute atomic E-state index is 0.0459. The Morgan fingerprint density at radius 1 is 1.44 bits per heavy atom. The zero-order valence-electron chi connectivity index (χ0n) is 7.95. The third kappa shape index (κ3) is 3.57. The monoisotopic (exact) mass is 314 g/mol. The molecule has 1 aromatic rings. The van der Waals surface area contributed by atoms with Crippen LogP contribution >= 0.6 is 40.8 Å². The molecule has 0 aliphatic rings. The maximum atomic E-state index is 11.6. The molecule has 1 aromatic carbocycles. The summed E-state index contributed by atoms with van der Waals surface area (Å²) in [6, 6.07) is 7.04. The Kier molecular flexibility index (Phi) is 4.89. The highest BCUT2D eigenvalue weighted by atomic mass is 79.9. The van der Waals surface area contributed by atoms with Crippen molar-refractivity contribution in [3.63, 3.8) is 0 Å². The number of thiocarbonyl (C=S) groups is 1. The van der Waals surface area contributed by atoms with Gasteiger partial charge in [-0.25, -0.2) is 0 Å². The van der Waals surface area contributed by atoms with Crippen LogP contribution in [0.3, 0.4) is 0 Å². The molecule has 0 aromatic heterocycles. The molecule has 1 amide bonds. The van der Waals surface area contributed by atoms with Crippen molar-refractivity contribution in [2.45, 2.75) is 0 Å². The molecule has 0 aliphatic carbocycles. The fraction of sp³-hybridized carbons (Fsp3) is 0. The molecule has 3 nitrogen and oxygen atoms in total. The second-order valence-electron chi connectivity index (χ2n) is 2.77. The molecule has 0 spiro atoms. The summed E-state index contributed by atoms with van der Waals surface area (Å²) in [5.41, 5.74) is 0.562. The zero-order valence-corrected chi connectivity index (χ0v) is 11.2. The van der Waals surface area contributed by atoms with Crippen molar-refractivity contribution >= 4 is 62.4 Å². The van der Waals surface area contributed by atoms with Crippen molar-refractivity contribution in [3.8, 4) is 0 Å². The average Bonchev–Trinajstić information content (AvgIpc) is 2.22. The number of halogens is 1. The van der Waals surface area contributed by atoms with E-state index < -0.39 is 5.91 Å². The zero-order chi connectivity index (χ0) is 12.1. The third-order valence-corrected chi connectivity index (χ3v) is 2.62. The molecule has 0 aliphatic heterocycles. The summed E-state index contributed by atoms with van der Waals surface area (Å²) < 4.78 is 0.961. The van der Waals surface area contributed by atoms with Crippen molar-refractivity contribution in [2.24, 2.45) is 0 Å². The van der Waals surface area contributed by atoms with Crippen LogP contribution in [-0.2, 0) is 4.79 Å². The molecule has 16 heavy (non-hydrogen) atoms. The molecule has 0 bridgehead atoms. The van der Waals surface area contributed by atoms with Gasteiger partial charge in [0.15, 0.2) is 0 Å². The first-order chi connectivity index (χ1) is 7.54. The molecule has 82 valence electrons. The van der Waals surface area contributed by atoms with Crippen LogP contribution in [0.2, 0.25) is 0 Å². The Hall–Kier alpha value is -0.940. The van der Waals surface area contributed by atoms with Gasteiger partial charge in [-0.1, -0.05) is 28.1 Å².